The molecule has 0 bridgehead atoms. The highest BCUT2D eigenvalue weighted by atomic mass is 32.2. The second-order valence-corrected chi connectivity index (χ2v) is 7.82. The SMILES string of the molecule is CC(C)Oc1ccc(C2=C(SCc3ccco3)C(=O)N(C(C)C)C2=O)cc1. The molecule has 0 unspecified atom stereocenters. The van der Waals surface area contributed by atoms with E-state index in [0.29, 0.717) is 16.2 Å². The normalized spacial score (nSPS) is 14.8. The Morgan fingerprint density at radius 1 is 1.04 bits per heavy atom. The number of thioether (sulfide) groups is 1. The Morgan fingerprint density at radius 2 is 1.74 bits per heavy atom. The van der Waals surface area contributed by atoms with E-state index in [2.05, 4.69) is 0 Å². The number of amides is 2. The van der Waals surface area contributed by atoms with Crippen LogP contribution in [-0.2, 0) is 15.3 Å². The van der Waals surface area contributed by atoms with Crippen LogP contribution in [0.3, 0.4) is 0 Å². The molecule has 1 aliphatic heterocycles. The molecule has 6 heteroatoms. The van der Waals surface area contributed by atoms with E-state index in [1.165, 1.54) is 16.7 Å². The molecule has 3 rings (SSSR count). The van der Waals surface area contributed by atoms with Crippen LogP contribution in [0.15, 0.2) is 52.0 Å². The number of benzene rings is 1. The van der Waals surface area contributed by atoms with E-state index < -0.39 is 0 Å². The molecule has 0 saturated carbocycles. The molecule has 1 aromatic carbocycles. The summed E-state index contributed by atoms with van der Waals surface area (Å²) < 4.78 is 11.0. The van der Waals surface area contributed by atoms with Crippen molar-refractivity contribution in [3.8, 4) is 5.75 Å². The monoisotopic (exact) mass is 385 g/mol. The van der Waals surface area contributed by atoms with Crippen molar-refractivity contribution < 1.29 is 18.7 Å². The molecular formula is C21H23NO4S. The predicted octanol–water partition coefficient (Wildman–Crippen LogP) is 4.49. The van der Waals surface area contributed by atoms with Crippen LogP contribution in [0.1, 0.15) is 39.0 Å². The number of furan rings is 1. The fourth-order valence-electron chi connectivity index (χ4n) is 2.89. The average molecular weight is 385 g/mol. The third-order valence-electron chi connectivity index (χ3n) is 4.04. The van der Waals surface area contributed by atoms with Gasteiger partial charge in [0.1, 0.15) is 11.5 Å². The second kappa shape index (κ2) is 8.05. The van der Waals surface area contributed by atoms with E-state index >= 15 is 0 Å². The molecule has 0 aliphatic carbocycles. The first-order valence-corrected chi connectivity index (χ1v) is 9.91. The molecule has 0 N–H and O–H groups in total. The molecule has 2 aromatic rings. The number of imide groups is 1. The van der Waals surface area contributed by atoms with E-state index in [4.69, 9.17) is 9.15 Å². The van der Waals surface area contributed by atoms with E-state index in [0.717, 1.165) is 17.1 Å². The zero-order valence-corrected chi connectivity index (χ0v) is 16.7. The first-order chi connectivity index (χ1) is 12.9. The summed E-state index contributed by atoms with van der Waals surface area (Å²) in [5, 5.41) is 0. The maximum Gasteiger partial charge on any atom is 0.268 e. The van der Waals surface area contributed by atoms with Gasteiger partial charge in [0.2, 0.25) is 0 Å². The molecule has 27 heavy (non-hydrogen) atoms. The molecule has 0 radical (unpaired) electrons. The number of carbonyl (C=O) groups is 2. The Kier molecular flexibility index (Phi) is 5.75. The fraction of sp³-hybridized carbons (Fsp3) is 0.333. The zero-order valence-electron chi connectivity index (χ0n) is 15.9. The van der Waals surface area contributed by atoms with Crippen LogP contribution < -0.4 is 4.74 Å². The third kappa shape index (κ3) is 4.11. The maximum atomic E-state index is 13.0. The Bertz CT molecular complexity index is 851. The van der Waals surface area contributed by atoms with Gasteiger partial charge < -0.3 is 9.15 Å². The standard InChI is InChI=1S/C21H23NO4S/c1-13(2)22-20(23)18(15-7-9-16(10-8-15)26-14(3)4)19(21(22)24)27-12-17-6-5-11-25-17/h5-11,13-14H,12H2,1-4H3. The van der Waals surface area contributed by atoms with Crippen LogP contribution in [0.2, 0.25) is 0 Å². The Balaban J connectivity index is 1.94. The van der Waals surface area contributed by atoms with E-state index in [1.807, 2.05) is 58.0 Å². The maximum absolute atomic E-state index is 13.0. The fourth-order valence-corrected chi connectivity index (χ4v) is 3.92. The molecule has 142 valence electrons. The van der Waals surface area contributed by atoms with Gasteiger partial charge in [0, 0.05) is 6.04 Å². The second-order valence-electron chi connectivity index (χ2n) is 6.84. The van der Waals surface area contributed by atoms with Crippen molar-refractivity contribution in [1.82, 2.24) is 4.90 Å². The van der Waals surface area contributed by atoms with Crippen LogP contribution in [0, 0.1) is 0 Å². The summed E-state index contributed by atoms with van der Waals surface area (Å²) in [6, 6.07) is 10.8. The van der Waals surface area contributed by atoms with Gasteiger partial charge in [-0.3, -0.25) is 14.5 Å². The molecule has 2 heterocycles. The Morgan fingerprint density at radius 3 is 2.30 bits per heavy atom. The first kappa shape index (κ1) is 19.3. The molecule has 1 aliphatic rings. The number of nitrogens with zero attached hydrogens (tertiary/aromatic N) is 1. The largest absolute Gasteiger partial charge is 0.491 e. The van der Waals surface area contributed by atoms with Gasteiger partial charge in [0.15, 0.2) is 0 Å². The van der Waals surface area contributed by atoms with Gasteiger partial charge >= 0.3 is 0 Å². The molecule has 2 amide bonds. The summed E-state index contributed by atoms with van der Waals surface area (Å²) in [5.74, 6) is 1.48. The molecule has 5 nitrogen and oxygen atoms in total. The van der Waals surface area contributed by atoms with Crippen LogP contribution in [0.25, 0.3) is 5.57 Å². The van der Waals surface area contributed by atoms with Gasteiger partial charge in [0.25, 0.3) is 11.8 Å². The lowest BCUT2D eigenvalue weighted by Crippen LogP contribution is -2.37. The van der Waals surface area contributed by atoms with E-state index in [-0.39, 0.29) is 24.0 Å². The molecule has 0 atom stereocenters. The summed E-state index contributed by atoms with van der Waals surface area (Å²) in [4.78, 5) is 27.6. The third-order valence-corrected chi connectivity index (χ3v) is 5.14. The molecule has 0 spiro atoms. The molecule has 0 fully saturated rings. The highest BCUT2D eigenvalue weighted by Crippen LogP contribution is 2.38. The van der Waals surface area contributed by atoms with Crippen molar-refractivity contribution in [3.63, 3.8) is 0 Å². The summed E-state index contributed by atoms with van der Waals surface area (Å²) in [6.45, 7) is 7.60. The Labute approximate surface area is 163 Å². The zero-order chi connectivity index (χ0) is 19.6. The van der Waals surface area contributed by atoms with Crippen molar-refractivity contribution in [2.45, 2.75) is 45.6 Å². The molecular weight excluding hydrogens is 362 g/mol. The van der Waals surface area contributed by atoms with Gasteiger partial charge in [-0.15, -0.1) is 11.8 Å². The van der Waals surface area contributed by atoms with E-state index in [1.54, 1.807) is 12.3 Å². The van der Waals surface area contributed by atoms with Crippen molar-refractivity contribution in [2.24, 2.45) is 0 Å². The van der Waals surface area contributed by atoms with Gasteiger partial charge in [-0.05, 0) is 57.5 Å². The average Bonchev–Trinajstić information content (AvgIpc) is 3.19. The first-order valence-electron chi connectivity index (χ1n) is 8.93. The van der Waals surface area contributed by atoms with Crippen LogP contribution >= 0.6 is 11.8 Å². The molecule has 1 aromatic heterocycles. The van der Waals surface area contributed by atoms with Gasteiger partial charge in [-0.2, -0.15) is 0 Å². The summed E-state index contributed by atoms with van der Waals surface area (Å²) in [6.07, 6.45) is 1.67. The van der Waals surface area contributed by atoms with Crippen LogP contribution in [0.5, 0.6) is 5.75 Å². The topological polar surface area (TPSA) is 59.8 Å². The number of carbonyl (C=O) groups excluding carboxylic acids is 2. The van der Waals surface area contributed by atoms with Gasteiger partial charge in [-0.25, -0.2) is 0 Å². The van der Waals surface area contributed by atoms with Crippen molar-refractivity contribution in [2.75, 3.05) is 0 Å². The summed E-state index contributed by atoms with van der Waals surface area (Å²) in [5.41, 5.74) is 1.16. The minimum Gasteiger partial charge on any atom is -0.491 e. The molecule has 0 saturated heterocycles. The predicted molar refractivity (Wildman–Crippen MR) is 106 cm³/mol. The summed E-state index contributed by atoms with van der Waals surface area (Å²) in [7, 11) is 0. The highest BCUT2D eigenvalue weighted by molar-refractivity contribution is 8.03. The minimum atomic E-state index is -0.255. The van der Waals surface area contributed by atoms with Crippen molar-refractivity contribution >= 4 is 29.1 Å². The number of rotatable bonds is 7. The van der Waals surface area contributed by atoms with Crippen molar-refractivity contribution in [3.05, 3.63) is 58.9 Å². The highest BCUT2D eigenvalue weighted by Gasteiger charge is 2.40. The summed E-state index contributed by atoms with van der Waals surface area (Å²) >= 11 is 1.34. The lowest BCUT2D eigenvalue weighted by atomic mass is 10.1. The van der Waals surface area contributed by atoms with E-state index in [9.17, 15) is 9.59 Å². The Hall–Kier alpha value is -2.47. The quantitative estimate of drug-likeness (QED) is 0.657. The van der Waals surface area contributed by atoms with Crippen LogP contribution in [-0.4, -0.2) is 28.9 Å². The van der Waals surface area contributed by atoms with Gasteiger partial charge in [-0.1, -0.05) is 12.1 Å². The lowest BCUT2D eigenvalue weighted by molar-refractivity contribution is -0.138. The smallest absolute Gasteiger partial charge is 0.268 e. The number of ether oxygens (including phenoxy) is 1. The number of hydrogen-bond acceptors (Lipinski definition) is 5. The van der Waals surface area contributed by atoms with Gasteiger partial charge in [0.05, 0.1) is 28.6 Å². The number of hydrogen-bond donors (Lipinski definition) is 0. The van der Waals surface area contributed by atoms with Crippen molar-refractivity contribution in [1.29, 1.82) is 0 Å². The lowest BCUT2D eigenvalue weighted by Gasteiger charge is -2.19. The van der Waals surface area contributed by atoms with Crippen LogP contribution in [0.4, 0.5) is 0 Å². The minimum absolute atomic E-state index is 0.0700.